The van der Waals surface area contributed by atoms with E-state index in [1.54, 1.807) is 0 Å². The first kappa shape index (κ1) is 7.65. The number of rotatable bonds is 2. The molecule has 3 nitrogen and oxygen atoms in total. The maximum atomic E-state index is 12.6. The van der Waals surface area contributed by atoms with Crippen molar-refractivity contribution < 1.29 is 14.3 Å². The number of carboxylic acids is 1. The first-order valence-electron chi connectivity index (χ1n) is 2.98. The molecule has 11 heavy (non-hydrogen) atoms. The first-order chi connectivity index (χ1) is 5.22. The van der Waals surface area contributed by atoms with E-state index in [1.165, 1.54) is 24.5 Å². The van der Waals surface area contributed by atoms with Crippen LogP contribution in [-0.2, 0) is 4.79 Å². The third-order valence-corrected chi connectivity index (χ3v) is 1.22. The highest BCUT2D eigenvalue weighted by molar-refractivity contribution is 5.73. The highest BCUT2D eigenvalue weighted by Gasteiger charge is 2.17. The van der Waals surface area contributed by atoms with E-state index in [1.807, 2.05) is 0 Å². The van der Waals surface area contributed by atoms with E-state index in [0.717, 1.165) is 0 Å². The van der Waals surface area contributed by atoms with Gasteiger partial charge < -0.3 is 5.11 Å². The molecular weight excluding hydrogens is 149 g/mol. The summed E-state index contributed by atoms with van der Waals surface area (Å²) >= 11 is 0. The number of pyridine rings is 1. The minimum Gasteiger partial charge on any atom is -0.479 e. The number of carboxylic acid groups (broad SMARTS) is 1. The molecule has 0 saturated carbocycles. The summed E-state index contributed by atoms with van der Waals surface area (Å²) in [5.74, 6) is -1.48. The van der Waals surface area contributed by atoms with Gasteiger partial charge in [-0.05, 0) is 12.1 Å². The fraction of sp³-hybridized carbons (Fsp3) is 0.143. The Morgan fingerprint density at radius 2 is 2.09 bits per heavy atom. The van der Waals surface area contributed by atoms with E-state index in [-0.39, 0.29) is 5.56 Å². The van der Waals surface area contributed by atoms with Crippen molar-refractivity contribution >= 4 is 5.97 Å². The number of aliphatic carboxylic acids is 1. The molecule has 1 N–H and O–H groups in total. The Labute approximate surface area is 62.5 Å². The van der Waals surface area contributed by atoms with E-state index in [0.29, 0.717) is 0 Å². The predicted octanol–water partition coefficient (Wildman–Crippen LogP) is 1.18. The molecule has 0 fully saturated rings. The lowest BCUT2D eigenvalue weighted by Gasteiger charge is -2.00. The minimum absolute atomic E-state index is 0.118. The summed E-state index contributed by atoms with van der Waals surface area (Å²) in [6.07, 6.45) is 0.758. The van der Waals surface area contributed by atoms with Crippen LogP contribution in [0.2, 0.25) is 0 Å². The normalized spacial score (nSPS) is 12.5. The van der Waals surface area contributed by atoms with Gasteiger partial charge in [-0.2, -0.15) is 0 Å². The van der Waals surface area contributed by atoms with E-state index >= 15 is 0 Å². The van der Waals surface area contributed by atoms with Crippen molar-refractivity contribution in [3.8, 4) is 0 Å². The Bertz CT molecular complexity index is 250. The van der Waals surface area contributed by atoms with Crippen LogP contribution < -0.4 is 0 Å². The molecule has 0 amide bonds. The van der Waals surface area contributed by atoms with Gasteiger partial charge in [-0.25, -0.2) is 9.18 Å². The molecule has 0 radical (unpaired) electrons. The third-order valence-electron chi connectivity index (χ3n) is 1.22. The molecule has 4 heteroatoms. The van der Waals surface area contributed by atoms with E-state index < -0.39 is 12.1 Å². The topological polar surface area (TPSA) is 50.2 Å². The van der Waals surface area contributed by atoms with Crippen LogP contribution in [0.3, 0.4) is 0 Å². The molecule has 1 aromatic heterocycles. The van der Waals surface area contributed by atoms with Gasteiger partial charge in [-0.3, -0.25) is 4.98 Å². The van der Waals surface area contributed by atoms with Crippen LogP contribution in [0.25, 0.3) is 0 Å². The van der Waals surface area contributed by atoms with Crippen molar-refractivity contribution in [2.75, 3.05) is 0 Å². The molecular formula is C7H6FNO2. The van der Waals surface area contributed by atoms with Crippen LogP contribution in [0.1, 0.15) is 11.7 Å². The average Bonchev–Trinajstić information content (AvgIpc) is 2.05. The Balaban J connectivity index is 2.85. The number of hydrogen-bond acceptors (Lipinski definition) is 2. The number of nitrogens with zero attached hydrogens (tertiary/aromatic N) is 1. The quantitative estimate of drug-likeness (QED) is 0.697. The predicted molar refractivity (Wildman–Crippen MR) is 35.7 cm³/mol. The van der Waals surface area contributed by atoms with Crippen LogP contribution in [0, 0.1) is 0 Å². The molecule has 0 spiro atoms. The van der Waals surface area contributed by atoms with Gasteiger partial charge in [0.15, 0.2) is 0 Å². The zero-order chi connectivity index (χ0) is 8.27. The van der Waals surface area contributed by atoms with Crippen molar-refractivity contribution in [1.29, 1.82) is 0 Å². The van der Waals surface area contributed by atoms with Crippen molar-refractivity contribution in [3.05, 3.63) is 30.1 Å². The van der Waals surface area contributed by atoms with Gasteiger partial charge in [0.1, 0.15) is 0 Å². The van der Waals surface area contributed by atoms with Crippen LogP contribution in [-0.4, -0.2) is 16.1 Å². The molecule has 0 aliphatic rings. The second kappa shape index (κ2) is 3.09. The smallest absolute Gasteiger partial charge is 0.343 e. The lowest BCUT2D eigenvalue weighted by molar-refractivity contribution is -0.143. The Kier molecular flexibility index (Phi) is 2.15. The summed E-state index contributed by atoms with van der Waals surface area (Å²) < 4.78 is 12.6. The van der Waals surface area contributed by atoms with Crippen molar-refractivity contribution in [1.82, 2.24) is 4.98 Å². The van der Waals surface area contributed by atoms with Gasteiger partial charge in [-0.1, -0.05) is 0 Å². The zero-order valence-electron chi connectivity index (χ0n) is 5.57. The fourth-order valence-corrected chi connectivity index (χ4v) is 0.675. The highest BCUT2D eigenvalue weighted by atomic mass is 19.1. The fourth-order valence-electron chi connectivity index (χ4n) is 0.675. The zero-order valence-corrected chi connectivity index (χ0v) is 5.57. The molecule has 0 aliphatic carbocycles. The van der Waals surface area contributed by atoms with Crippen LogP contribution in [0.5, 0.6) is 0 Å². The molecule has 0 saturated heterocycles. The average molecular weight is 155 g/mol. The molecule has 0 bridgehead atoms. The molecule has 1 heterocycles. The largest absolute Gasteiger partial charge is 0.479 e. The summed E-state index contributed by atoms with van der Waals surface area (Å²) in [7, 11) is 0. The van der Waals surface area contributed by atoms with Gasteiger partial charge in [0.2, 0.25) is 6.17 Å². The molecule has 0 aromatic carbocycles. The summed E-state index contributed by atoms with van der Waals surface area (Å²) in [6.45, 7) is 0. The number of alkyl halides is 1. The maximum Gasteiger partial charge on any atom is 0.343 e. The molecule has 0 aliphatic heterocycles. The second-order valence-corrected chi connectivity index (χ2v) is 1.98. The third kappa shape index (κ3) is 1.73. The van der Waals surface area contributed by atoms with E-state index in [2.05, 4.69) is 4.98 Å². The number of aromatic nitrogens is 1. The SMILES string of the molecule is O=C(O)C(F)c1ccncc1. The van der Waals surface area contributed by atoms with Gasteiger partial charge in [0.05, 0.1) is 0 Å². The first-order valence-corrected chi connectivity index (χ1v) is 2.98. The lowest BCUT2D eigenvalue weighted by atomic mass is 10.2. The Hall–Kier alpha value is -1.45. The Morgan fingerprint density at radius 1 is 1.55 bits per heavy atom. The van der Waals surface area contributed by atoms with Gasteiger partial charge in [0.25, 0.3) is 0 Å². The number of hydrogen-bond donors (Lipinski definition) is 1. The molecule has 1 unspecified atom stereocenters. The monoisotopic (exact) mass is 155 g/mol. The molecule has 58 valence electrons. The molecule has 1 rings (SSSR count). The Morgan fingerprint density at radius 3 is 2.55 bits per heavy atom. The van der Waals surface area contributed by atoms with E-state index in [9.17, 15) is 9.18 Å². The van der Waals surface area contributed by atoms with Gasteiger partial charge in [-0.15, -0.1) is 0 Å². The maximum absolute atomic E-state index is 12.6. The van der Waals surface area contributed by atoms with Crippen molar-refractivity contribution in [3.63, 3.8) is 0 Å². The summed E-state index contributed by atoms with van der Waals surface area (Å²) in [4.78, 5) is 13.7. The number of carbonyl (C=O) groups is 1. The lowest BCUT2D eigenvalue weighted by Crippen LogP contribution is -2.05. The standard InChI is InChI=1S/C7H6FNO2/c8-6(7(10)11)5-1-3-9-4-2-5/h1-4,6H,(H,10,11). The molecule has 1 atom stereocenters. The number of halogens is 1. The van der Waals surface area contributed by atoms with Crippen LogP contribution >= 0.6 is 0 Å². The van der Waals surface area contributed by atoms with Crippen LogP contribution in [0.4, 0.5) is 4.39 Å². The van der Waals surface area contributed by atoms with Crippen molar-refractivity contribution in [2.24, 2.45) is 0 Å². The van der Waals surface area contributed by atoms with Crippen molar-refractivity contribution in [2.45, 2.75) is 6.17 Å². The second-order valence-electron chi connectivity index (χ2n) is 1.98. The van der Waals surface area contributed by atoms with Gasteiger partial charge >= 0.3 is 5.97 Å². The van der Waals surface area contributed by atoms with Crippen LogP contribution in [0.15, 0.2) is 24.5 Å². The summed E-state index contributed by atoms with van der Waals surface area (Å²) in [5.41, 5.74) is 0.118. The van der Waals surface area contributed by atoms with E-state index in [4.69, 9.17) is 5.11 Å². The summed E-state index contributed by atoms with van der Waals surface area (Å²) in [6, 6.07) is 2.66. The minimum atomic E-state index is -1.95. The highest BCUT2D eigenvalue weighted by Crippen LogP contribution is 2.15. The van der Waals surface area contributed by atoms with Gasteiger partial charge in [0, 0.05) is 18.0 Å². The molecule has 1 aromatic rings. The summed E-state index contributed by atoms with van der Waals surface area (Å²) in [5, 5.41) is 8.24.